The zero-order valence-corrected chi connectivity index (χ0v) is 19.0. The number of ether oxygens (including phenoxy) is 2. The smallest absolute Gasteiger partial charge is 0.273 e. The zero-order chi connectivity index (χ0) is 21.5. The minimum absolute atomic E-state index is 0.368. The third-order valence-electron chi connectivity index (χ3n) is 4.13. The van der Waals surface area contributed by atoms with E-state index < -0.39 is 0 Å². The fourth-order valence-corrected chi connectivity index (χ4v) is 3.53. The Morgan fingerprint density at radius 1 is 1.20 bits per heavy atom. The second-order valence-corrected chi connectivity index (χ2v) is 7.83. The van der Waals surface area contributed by atoms with Crippen molar-refractivity contribution in [2.24, 2.45) is 5.10 Å². The molecule has 8 heteroatoms. The van der Waals surface area contributed by atoms with Crippen LogP contribution in [0.2, 0.25) is 5.02 Å². The van der Waals surface area contributed by atoms with Gasteiger partial charge >= 0.3 is 0 Å². The van der Waals surface area contributed by atoms with Crippen LogP contribution in [-0.4, -0.2) is 19.2 Å². The van der Waals surface area contributed by atoms with E-state index in [1.54, 1.807) is 37.4 Å². The lowest BCUT2D eigenvalue weighted by Crippen LogP contribution is -2.19. The van der Waals surface area contributed by atoms with Crippen LogP contribution < -0.4 is 20.6 Å². The molecule has 0 saturated heterocycles. The maximum absolute atomic E-state index is 12.2. The molecule has 154 valence electrons. The summed E-state index contributed by atoms with van der Waals surface area (Å²) in [5.74, 6) is 0.816. The molecule has 0 bridgehead atoms. The van der Waals surface area contributed by atoms with Gasteiger partial charge in [0.25, 0.3) is 5.91 Å². The minimum atomic E-state index is -0.381. The van der Waals surface area contributed by atoms with E-state index in [1.807, 2.05) is 30.3 Å². The topological polar surface area (TPSA) is 85.9 Å². The van der Waals surface area contributed by atoms with Crippen molar-refractivity contribution in [1.29, 1.82) is 0 Å². The zero-order valence-electron chi connectivity index (χ0n) is 16.1. The van der Waals surface area contributed by atoms with E-state index in [1.165, 1.54) is 6.21 Å². The maximum Gasteiger partial charge on any atom is 0.273 e. The average molecular weight is 536 g/mol. The summed E-state index contributed by atoms with van der Waals surface area (Å²) in [5, 5.41) is 4.69. The van der Waals surface area contributed by atoms with E-state index in [2.05, 4.69) is 33.1 Å². The summed E-state index contributed by atoms with van der Waals surface area (Å²) in [6, 6.07) is 17.9. The number of nitrogens with two attached hydrogens (primary N) is 1. The third kappa shape index (κ3) is 5.64. The summed E-state index contributed by atoms with van der Waals surface area (Å²) in [6.07, 6.45) is 1.53. The molecular weight excluding hydrogens is 517 g/mol. The molecule has 0 heterocycles. The van der Waals surface area contributed by atoms with Crippen LogP contribution in [0.4, 0.5) is 5.69 Å². The van der Waals surface area contributed by atoms with Crippen LogP contribution >= 0.6 is 34.2 Å². The molecule has 0 atom stereocenters. The Kier molecular flexibility index (Phi) is 7.53. The van der Waals surface area contributed by atoms with E-state index in [-0.39, 0.29) is 5.91 Å². The third-order valence-corrected chi connectivity index (χ3v) is 5.19. The van der Waals surface area contributed by atoms with E-state index in [4.69, 9.17) is 26.8 Å². The molecule has 3 rings (SSSR count). The Morgan fingerprint density at radius 2 is 1.93 bits per heavy atom. The molecule has 0 aliphatic carbocycles. The molecule has 0 unspecified atom stereocenters. The Morgan fingerprint density at radius 3 is 2.63 bits per heavy atom. The molecule has 3 N–H and O–H groups in total. The van der Waals surface area contributed by atoms with Gasteiger partial charge < -0.3 is 15.2 Å². The van der Waals surface area contributed by atoms with Crippen molar-refractivity contribution in [3.8, 4) is 11.5 Å². The predicted octanol–water partition coefficient (Wildman–Crippen LogP) is 4.88. The van der Waals surface area contributed by atoms with Gasteiger partial charge in [-0.05, 0) is 70.1 Å². The fraction of sp³-hybridized carbons (Fsp3) is 0.0909. The van der Waals surface area contributed by atoms with Crippen LogP contribution in [0.5, 0.6) is 11.5 Å². The second kappa shape index (κ2) is 10.3. The Labute approximate surface area is 193 Å². The van der Waals surface area contributed by atoms with E-state index in [0.29, 0.717) is 34.4 Å². The molecule has 6 nitrogen and oxygen atoms in total. The molecule has 3 aromatic rings. The highest BCUT2D eigenvalue weighted by molar-refractivity contribution is 14.1. The van der Waals surface area contributed by atoms with Gasteiger partial charge in [-0.2, -0.15) is 5.10 Å². The van der Waals surface area contributed by atoms with E-state index in [0.717, 1.165) is 14.7 Å². The summed E-state index contributed by atoms with van der Waals surface area (Å²) in [7, 11) is 1.57. The monoisotopic (exact) mass is 535 g/mol. The summed E-state index contributed by atoms with van der Waals surface area (Å²) >= 11 is 8.09. The van der Waals surface area contributed by atoms with Gasteiger partial charge in [-0.25, -0.2) is 5.43 Å². The molecule has 0 aliphatic rings. The molecule has 0 aliphatic heterocycles. The summed E-state index contributed by atoms with van der Waals surface area (Å²) in [4.78, 5) is 12.2. The van der Waals surface area contributed by atoms with Crippen molar-refractivity contribution in [3.63, 3.8) is 0 Å². The first-order valence-electron chi connectivity index (χ1n) is 8.90. The van der Waals surface area contributed by atoms with Crippen molar-refractivity contribution in [1.82, 2.24) is 5.43 Å². The summed E-state index contributed by atoms with van der Waals surface area (Å²) < 4.78 is 12.3. The normalized spacial score (nSPS) is 10.8. The Bertz CT molecular complexity index is 1070. The highest BCUT2D eigenvalue weighted by Crippen LogP contribution is 2.34. The number of hydrogen-bond donors (Lipinski definition) is 2. The van der Waals surface area contributed by atoms with Crippen LogP contribution in [0.3, 0.4) is 0 Å². The fourth-order valence-electron chi connectivity index (χ4n) is 2.62. The van der Waals surface area contributed by atoms with Gasteiger partial charge in [0, 0.05) is 10.7 Å². The van der Waals surface area contributed by atoms with Gasteiger partial charge in [-0.15, -0.1) is 0 Å². The molecule has 0 radical (unpaired) electrons. The number of benzene rings is 3. The highest BCUT2D eigenvalue weighted by Gasteiger charge is 2.12. The van der Waals surface area contributed by atoms with Gasteiger partial charge in [0.05, 0.1) is 22.5 Å². The van der Waals surface area contributed by atoms with Crippen LogP contribution in [0.1, 0.15) is 21.5 Å². The first-order valence-corrected chi connectivity index (χ1v) is 10.4. The quantitative estimate of drug-likeness (QED) is 0.195. The number of anilines is 1. The van der Waals surface area contributed by atoms with Crippen molar-refractivity contribution in [3.05, 3.63) is 85.9 Å². The first kappa shape index (κ1) is 21.9. The number of nitrogens with zero attached hydrogens (tertiary/aromatic N) is 1. The number of carbonyl (C=O) groups excluding carboxylic acids is 1. The number of hydrazone groups is 1. The van der Waals surface area contributed by atoms with Gasteiger partial charge in [-0.3, -0.25) is 4.79 Å². The molecule has 0 fully saturated rings. The number of methoxy groups -OCH3 is 1. The van der Waals surface area contributed by atoms with Crippen molar-refractivity contribution in [2.75, 3.05) is 12.8 Å². The number of hydrogen-bond acceptors (Lipinski definition) is 5. The number of rotatable bonds is 7. The molecule has 0 spiro atoms. The number of halogens is 2. The number of nitrogen functional groups attached to an aromatic ring is 1. The lowest BCUT2D eigenvalue weighted by atomic mass is 10.2. The van der Waals surface area contributed by atoms with Crippen molar-refractivity contribution < 1.29 is 14.3 Å². The number of para-hydroxylation sites is 1. The standard InChI is InChI=1S/C22H19ClIN3O3/c1-29-20-11-15(12-26-27-22(28)17-4-2-3-5-19(17)25)10-18(24)21(20)30-13-14-6-8-16(23)9-7-14/h2-12H,13,25H2,1H3,(H,27,28)/b26-12+. The Hall–Kier alpha value is -2.78. The molecule has 0 saturated carbocycles. The molecule has 30 heavy (non-hydrogen) atoms. The lowest BCUT2D eigenvalue weighted by molar-refractivity contribution is 0.0956. The molecule has 1 amide bonds. The van der Waals surface area contributed by atoms with Crippen LogP contribution in [0.15, 0.2) is 65.8 Å². The maximum atomic E-state index is 12.2. The largest absolute Gasteiger partial charge is 0.493 e. The van der Waals surface area contributed by atoms with Crippen LogP contribution in [0, 0.1) is 3.57 Å². The van der Waals surface area contributed by atoms with E-state index >= 15 is 0 Å². The van der Waals surface area contributed by atoms with Gasteiger partial charge in [0.2, 0.25) is 0 Å². The molecular formula is C22H19ClIN3O3. The predicted molar refractivity (Wildman–Crippen MR) is 127 cm³/mol. The first-order chi connectivity index (χ1) is 14.5. The summed E-state index contributed by atoms with van der Waals surface area (Å²) in [6.45, 7) is 0.380. The van der Waals surface area contributed by atoms with Gasteiger partial charge in [-0.1, -0.05) is 35.9 Å². The Balaban J connectivity index is 1.70. The SMILES string of the molecule is COc1cc(/C=N/NC(=O)c2ccccc2N)cc(I)c1OCc1ccc(Cl)cc1. The van der Waals surface area contributed by atoms with Crippen molar-refractivity contribution >= 4 is 52.0 Å². The highest BCUT2D eigenvalue weighted by atomic mass is 127. The van der Waals surface area contributed by atoms with Crippen LogP contribution in [0.25, 0.3) is 0 Å². The number of carbonyl (C=O) groups is 1. The van der Waals surface area contributed by atoms with E-state index in [9.17, 15) is 4.79 Å². The molecule has 0 aromatic heterocycles. The van der Waals surface area contributed by atoms with Crippen molar-refractivity contribution in [2.45, 2.75) is 6.61 Å². The second-order valence-electron chi connectivity index (χ2n) is 6.24. The lowest BCUT2D eigenvalue weighted by Gasteiger charge is -2.13. The van der Waals surface area contributed by atoms with Gasteiger partial charge in [0.15, 0.2) is 11.5 Å². The minimum Gasteiger partial charge on any atom is -0.493 e. The summed E-state index contributed by atoms with van der Waals surface area (Å²) in [5.41, 5.74) is 10.8. The molecule has 3 aromatic carbocycles. The average Bonchev–Trinajstić information content (AvgIpc) is 2.74. The van der Waals surface area contributed by atoms with Gasteiger partial charge in [0.1, 0.15) is 6.61 Å². The number of nitrogens with one attached hydrogen (secondary N) is 1. The number of amides is 1. The van der Waals surface area contributed by atoms with Crippen LogP contribution in [-0.2, 0) is 6.61 Å².